The van der Waals surface area contributed by atoms with E-state index in [-0.39, 0.29) is 18.5 Å². The van der Waals surface area contributed by atoms with Crippen LogP contribution in [-0.4, -0.2) is 37.2 Å². The van der Waals surface area contributed by atoms with E-state index >= 15 is 0 Å². The molecule has 0 spiro atoms. The minimum atomic E-state index is -0.194. The van der Waals surface area contributed by atoms with Crippen LogP contribution in [0.3, 0.4) is 0 Å². The molecular weight excluding hydrogens is 204 g/mol. The van der Waals surface area contributed by atoms with Crippen LogP contribution in [0.2, 0.25) is 0 Å². The van der Waals surface area contributed by atoms with Gasteiger partial charge in [0.15, 0.2) is 0 Å². The van der Waals surface area contributed by atoms with Crippen molar-refractivity contribution in [1.29, 1.82) is 0 Å². The minimum absolute atomic E-state index is 0.0437. The van der Waals surface area contributed by atoms with Crippen molar-refractivity contribution in [3.05, 3.63) is 0 Å². The minimum Gasteiger partial charge on any atom is -0.378 e. The van der Waals surface area contributed by atoms with Gasteiger partial charge in [0, 0.05) is 12.6 Å². The van der Waals surface area contributed by atoms with Crippen molar-refractivity contribution in [3.8, 4) is 12.3 Å². The van der Waals surface area contributed by atoms with Gasteiger partial charge in [-0.1, -0.05) is 5.92 Å². The third-order valence-corrected chi connectivity index (χ3v) is 2.74. The second kappa shape index (κ2) is 6.51. The number of terminal acetylenes is 1. The van der Waals surface area contributed by atoms with Crippen molar-refractivity contribution < 1.29 is 9.53 Å². The Morgan fingerprint density at radius 1 is 1.62 bits per heavy atom. The van der Waals surface area contributed by atoms with Crippen LogP contribution in [-0.2, 0) is 9.53 Å². The van der Waals surface area contributed by atoms with Gasteiger partial charge in [-0.3, -0.25) is 4.79 Å². The number of rotatable bonds is 6. The first-order valence-corrected chi connectivity index (χ1v) is 5.76. The molecule has 1 fully saturated rings. The maximum absolute atomic E-state index is 11.5. The summed E-state index contributed by atoms with van der Waals surface area (Å²) in [6.45, 7) is 4.89. The van der Waals surface area contributed by atoms with Crippen LogP contribution < -0.4 is 10.6 Å². The standard InChI is InChI=1S/C12H20N2O2/c1-4-6-13-12(15)9(3)14-10-7-11(8-10)16-5-2/h1,9-11,14H,5-8H2,2-3H3,(H,13,15). The van der Waals surface area contributed by atoms with Crippen LogP contribution in [0, 0.1) is 12.3 Å². The highest BCUT2D eigenvalue weighted by Crippen LogP contribution is 2.23. The van der Waals surface area contributed by atoms with Gasteiger partial charge in [0.25, 0.3) is 0 Å². The van der Waals surface area contributed by atoms with Crippen LogP contribution in [0.25, 0.3) is 0 Å². The van der Waals surface area contributed by atoms with Gasteiger partial charge >= 0.3 is 0 Å². The smallest absolute Gasteiger partial charge is 0.237 e. The zero-order valence-electron chi connectivity index (χ0n) is 9.95. The number of amides is 1. The molecule has 4 heteroatoms. The van der Waals surface area contributed by atoms with Crippen molar-refractivity contribution >= 4 is 5.91 Å². The van der Waals surface area contributed by atoms with Gasteiger partial charge in [-0.25, -0.2) is 0 Å². The summed E-state index contributed by atoms with van der Waals surface area (Å²) < 4.78 is 5.45. The Kier molecular flexibility index (Phi) is 5.30. The molecule has 0 heterocycles. The Balaban J connectivity index is 2.14. The first kappa shape index (κ1) is 13.0. The van der Waals surface area contributed by atoms with Crippen molar-refractivity contribution in [3.63, 3.8) is 0 Å². The molecule has 0 saturated heterocycles. The fourth-order valence-electron chi connectivity index (χ4n) is 1.79. The van der Waals surface area contributed by atoms with Gasteiger partial charge in [-0.15, -0.1) is 6.42 Å². The summed E-state index contributed by atoms with van der Waals surface area (Å²) in [5.41, 5.74) is 0. The molecule has 1 amide bonds. The highest BCUT2D eigenvalue weighted by atomic mass is 16.5. The molecular formula is C12H20N2O2. The average molecular weight is 224 g/mol. The van der Waals surface area contributed by atoms with Crippen LogP contribution in [0.1, 0.15) is 26.7 Å². The Hall–Kier alpha value is -1.05. The molecule has 1 aliphatic rings. The van der Waals surface area contributed by atoms with Gasteiger partial charge in [0.05, 0.1) is 18.7 Å². The Bertz CT molecular complexity index is 267. The topological polar surface area (TPSA) is 50.4 Å². The van der Waals surface area contributed by atoms with Crippen molar-refractivity contribution in [2.45, 2.75) is 44.9 Å². The molecule has 0 aliphatic heterocycles. The monoisotopic (exact) mass is 224 g/mol. The van der Waals surface area contributed by atoms with Gasteiger partial charge in [-0.05, 0) is 26.7 Å². The fourth-order valence-corrected chi connectivity index (χ4v) is 1.79. The summed E-state index contributed by atoms with van der Waals surface area (Å²) in [4.78, 5) is 11.5. The number of carbonyl (C=O) groups excluding carboxylic acids is 1. The predicted molar refractivity (Wildman–Crippen MR) is 62.9 cm³/mol. The first-order chi connectivity index (χ1) is 7.67. The first-order valence-electron chi connectivity index (χ1n) is 5.76. The normalized spacial score (nSPS) is 25.3. The Morgan fingerprint density at radius 2 is 2.31 bits per heavy atom. The average Bonchev–Trinajstić information content (AvgIpc) is 2.22. The summed E-state index contributed by atoms with van der Waals surface area (Å²) >= 11 is 0. The second-order valence-corrected chi connectivity index (χ2v) is 4.06. The quantitative estimate of drug-likeness (QED) is 0.637. The Morgan fingerprint density at radius 3 is 2.88 bits per heavy atom. The van der Waals surface area contributed by atoms with E-state index in [4.69, 9.17) is 11.2 Å². The molecule has 1 aliphatic carbocycles. The van der Waals surface area contributed by atoms with Gasteiger partial charge < -0.3 is 15.4 Å². The van der Waals surface area contributed by atoms with Crippen molar-refractivity contribution in [1.82, 2.24) is 10.6 Å². The van der Waals surface area contributed by atoms with E-state index in [1.165, 1.54) is 0 Å². The largest absolute Gasteiger partial charge is 0.378 e. The van der Waals surface area contributed by atoms with Crippen molar-refractivity contribution in [2.75, 3.05) is 13.2 Å². The molecule has 1 saturated carbocycles. The van der Waals surface area contributed by atoms with Gasteiger partial charge in [-0.2, -0.15) is 0 Å². The number of hydrogen-bond acceptors (Lipinski definition) is 3. The third-order valence-electron chi connectivity index (χ3n) is 2.74. The number of carbonyl (C=O) groups is 1. The van der Waals surface area contributed by atoms with E-state index in [2.05, 4.69) is 16.6 Å². The number of hydrogen-bond donors (Lipinski definition) is 2. The lowest BCUT2D eigenvalue weighted by Crippen LogP contribution is -2.53. The van der Waals surface area contributed by atoms with Gasteiger partial charge in [0.2, 0.25) is 5.91 Å². The molecule has 0 bridgehead atoms. The van der Waals surface area contributed by atoms with Crippen LogP contribution in [0.15, 0.2) is 0 Å². The van der Waals surface area contributed by atoms with E-state index in [0.717, 1.165) is 19.4 Å². The molecule has 0 aromatic rings. The van der Waals surface area contributed by atoms with E-state index in [9.17, 15) is 4.79 Å². The Labute approximate surface area is 97.1 Å². The zero-order valence-corrected chi connectivity index (χ0v) is 9.95. The molecule has 90 valence electrons. The summed E-state index contributed by atoms with van der Waals surface area (Å²) in [7, 11) is 0. The maximum Gasteiger partial charge on any atom is 0.237 e. The number of ether oxygens (including phenoxy) is 1. The van der Waals surface area contributed by atoms with Gasteiger partial charge in [0.1, 0.15) is 0 Å². The maximum atomic E-state index is 11.5. The molecule has 1 unspecified atom stereocenters. The predicted octanol–water partition coefficient (Wildman–Crippen LogP) is 0.281. The molecule has 0 aromatic carbocycles. The van der Waals surface area contributed by atoms with E-state index < -0.39 is 0 Å². The second-order valence-electron chi connectivity index (χ2n) is 4.06. The summed E-state index contributed by atoms with van der Waals surface area (Å²) in [6.07, 6.45) is 7.40. The van der Waals surface area contributed by atoms with Crippen LogP contribution in [0.5, 0.6) is 0 Å². The summed E-state index contributed by atoms with van der Waals surface area (Å²) in [6, 6.07) is 0.198. The highest BCUT2D eigenvalue weighted by molar-refractivity contribution is 5.81. The van der Waals surface area contributed by atoms with E-state index in [1.54, 1.807) is 0 Å². The van der Waals surface area contributed by atoms with E-state index in [1.807, 2.05) is 13.8 Å². The van der Waals surface area contributed by atoms with Crippen LogP contribution >= 0.6 is 0 Å². The van der Waals surface area contributed by atoms with Crippen molar-refractivity contribution in [2.24, 2.45) is 0 Å². The molecule has 1 atom stereocenters. The molecule has 2 N–H and O–H groups in total. The fraction of sp³-hybridized carbons (Fsp3) is 0.750. The number of nitrogens with one attached hydrogen (secondary N) is 2. The molecule has 1 rings (SSSR count). The lowest BCUT2D eigenvalue weighted by atomic mass is 9.88. The van der Waals surface area contributed by atoms with Crippen LogP contribution in [0.4, 0.5) is 0 Å². The molecule has 16 heavy (non-hydrogen) atoms. The lowest BCUT2D eigenvalue weighted by molar-refractivity contribution is -0.123. The molecule has 0 aromatic heterocycles. The summed E-state index contributed by atoms with van der Waals surface area (Å²) in [5, 5.41) is 5.91. The lowest BCUT2D eigenvalue weighted by Gasteiger charge is -2.37. The SMILES string of the molecule is C#CCNC(=O)C(C)NC1CC(OCC)C1. The molecule has 4 nitrogen and oxygen atoms in total. The van der Waals surface area contributed by atoms with E-state index in [0.29, 0.717) is 12.1 Å². The zero-order chi connectivity index (χ0) is 12.0. The molecule has 0 radical (unpaired) electrons. The summed E-state index contributed by atoms with van der Waals surface area (Å²) in [5.74, 6) is 2.34. The highest BCUT2D eigenvalue weighted by Gasteiger charge is 2.31. The third kappa shape index (κ3) is 3.84.